The average molecular weight is 425 g/mol. The van der Waals surface area contributed by atoms with Gasteiger partial charge in [0.1, 0.15) is 11.5 Å². The highest BCUT2D eigenvalue weighted by atomic mass is 16.5. The van der Waals surface area contributed by atoms with E-state index in [1.165, 1.54) is 0 Å². The van der Waals surface area contributed by atoms with Crippen molar-refractivity contribution in [3.8, 4) is 11.5 Å². The number of ether oxygens (including phenoxy) is 2. The van der Waals surface area contributed by atoms with E-state index in [2.05, 4.69) is 35.1 Å². The SMILES string of the molecule is C/C=C/c1ccc(N(C)CCCN(C)c2ccc(/C=C/C(=O)O)cc2OC)c(OC)c1. The quantitative estimate of drug-likeness (QED) is 0.523. The molecule has 0 aliphatic carbocycles. The van der Waals surface area contributed by atoms with Crippen LogP contribution >= 0.6 is 0 Å². The van der Waals surface area contributed by atoms with Crippen molar-refractivity contribution in [1.82, 2.24) is 0 Å². The number of nitrogens with zero attached hydrogens (tertiary/aromatic N) is 2. The van der Waals surface area contributed by atoms with Crippen molar-refractivity contribution in [3.63, 3.8) is 0 Å². The highest BCUT2D eigenvalue weighted by molar-refractivity contribution is 5.85. The molecule has 0 saturated heterocycles. The van der Waals surface area contributed by atoms with Gasteiger partial charge in [0.2, 0.25) is 0 Å². The van der Waals surface area contributed by atoms with Gasteiger partial charge in [0.05, 0.1) is 25.6 Å². The molecule has 0 aromatic heterocycles. The topological polar surface area (TPSA) is 62.2 Å². The van der Waals surface area contributed by atoms with Gasteiger partial charge in [0, 0.05) is 33.3 Å². The number of carbonyl (C=O) groups is 1. The van der Waals surface area contributed by atoms with E-state index in [9.17, 15) is 4.79 Å². The van der Waals surface area contributed by atoms with Gasteiger partial charge >= 0.3 is 5.97 Å². The number of carboxylic acid groups (broad SMARTS) is 1. The van der Waals surface area contributed by atoms with Gasteiger partial charge < -0.3 is 24.4 Å². The van der Waals surface area contributed by atoms with Crippen LogP contribution in [0.2, 0.25) is 0 Å². The summed E-state index contributed by atoms with van der Waals surface area (Å²) in [6, 6.07) is 11.9. The molecule has 2 rings (SSSR count). The van der Waals surface area contributed by atoms with E-state index in [0.29, 0.717) is 5.75 Å². The number of aliphatic carboxylic acids is 1. The highest BCUT2D eigenvalue weighted by Gasteiger charge is 2.11. The molecule has 2 aromatic rings. The van der Waals surface area contributed by atoms with Crippen LogP contribution in [0.25, 0.3) is 12.2 Å². The van der Waals surface area contributed by atoms with Crippen LogP contribution in [0.4, 0.5) is 11.4 Å². The molecule has 31 heavy (non-hydrogen) atoms. The first-order chi connectivity index (χ1) is 14.9. The summed E-state index contributed by atoms with van der Waals surface area (Å²) in [5.74, 6) is 0.597. The first-order valence-electron chi connectivity index (χ1n) is 10.2. The Balaban J connectivity index is 2.01. The van der Waals surface area contributed by atoms with E-state index in [-0.39, 0.29) is 0 Å². The van der Waals surface area contributed by atoms with E-state index in [1.54, 1.807) is 20.3 Å². The summed E-state index contributed by atoms with van der Waals surface area (Å²) in [5, 5.41) is 8.80. The molecule has 0 saturated carbocycles. The summed E-state index contributed by atoms with van der Waals surface area (Å²) >= 11 is 0. The molecule has 0 atom stereocenters. The van der Waals surface area contributed by atoms with Crippen LogP contribution in [0.1, 0.15) is 24.5 Å². The number of anilines is 2. The summed E-state index contributed by atoms with van der Waals surface area (Å²) in [7, 11) is 7.41. The number of methoxy groups -OCH3 is 2. The normalized spacial score (nSPS) is 11.1. The molecule has 0 fully saturated rings. The summed E-state index contributed by atoms with van der Waals surface area (Å²) < 4.78 is 11.1. The zero-order chi connectivity index (χ0) is 22.8. The second kappa shape index (κ2) is 11.7. The molecule has 6 heteroatoms. The summed E-state index contributed by atoms with van der Waals surface area (Å²) in [4.78, 5) is 15.1. The molecule has 0 bridgehead atoms. The summed E-state index contributed by atoms with van der Waals surface area (Å²) in [6.45, 7) is 3.70. The number of hydrogen-bond acceptors (Lipinski definition) is 5. The second-order valence-corrected chi connectivity index (χ2v) is 7.23. The zero-order valence-corrected chi connectivity index (χ0v) is 19.0. The van der Waals surface area contributed by atoms with Gasteiger partial charge in [0.15, 0.2) is 0 Å². The Bertz CT molecular complexity index is 937. The van der Waals surface area contributed by atoms with Crippen LogP contribution in [-0.4, -0.2) is 52.5 Å². The average Bonchev–Trinajstić information content (AvgIpc) is 2.77. The first-order valence-corrected chi connectivity index (χ1v) is 10.2. The molecule has 0 spiro atoms. The van der Waals surface area contributed by atoms with Crippen LogP contribution in [-0.2, 0) is 4.79 Å². The predicted octanol–water partition coefficient (Wildman–Crippen LogP) is 4.80. The second-order valence-electron chi connectivity index (χ2n) is 7.23. The van der Waals surface area contributed by atoms with Gasteiger partial charge in [-0.2, -0.15) is 0 Å². The third-order valence-electron chi connectivity index (χ3n) is 4.99. The van der Waals surface area contributed by atoms with Crippen LogP contribution < -0.4 is 19.3 Å². The molecule has 0 aliphatic rings. The molecule has 0 radical (unpaired) electrons. The van der Waals surface area contributed by atoms with E-state index >= 15 is 0 Å². The smallest absolute Gasteiger partial charge is 0.328 e. The molecular weight excluding hydrogens is 392 g/mol. The Morgan fingerprint density at radius 2 is 1.39 bits per heavy atom. The fraction of sp³-hybridized carbons (Fsp3) is 0.320. The Morgan fingerprint density at radius 3 is 1.81 bits per heavy atom. The lowest BCUT2D eigenvalue weighted by Crippen LogP contribution is -2.25. The van der Waals surface area contributed by atoms with Crippen LogP contribution in [0.5, 0.6) is 11.5 Å². The van der Waals surface area contributed by atoms with Crippen LogP contribution in [0, 0.1) is 0 Å². The molecule has 0 aliphatic heterocycles. The van der Waals surface area contributed by atoms with E-state index in [4.69, 9.17) is 14.6 Å². The monoisotopic (exact) mass is 424 g/mol. The molecule has 0 unspecified atom stereocenters. The highest BCUT2D eigenvalue weighted by Crippen LogP contribution is 2.31. The molecule has 166 valence electrons. The minimum Gasteiger partial charge on any atom is -0.495 e. The number of carboxylic acids is 1. The Morgan fingerprint density at radius 1 is 0.903 bits per heavy atom. The lowest BCUT2D eigenvalue weighted by molar-refractivity contribution is -0.131. The minimum absolute atomic E-state index is 0.713. The minimum atomic E-state index is -0.975. The molecule has 0 amide bonds. The Hall–Kier alpha value is -3.41. The number of rotatable bonds is 11. The van der Waals surface area contributed by atoms with Crippen molar-refractivity contribution in [3.05, 3.63) is 59.7 Å². The van der Waals surface area contributed by atoms with Crippen molar-refractivity contribution in [1.29, 1.82) is 0 Å². The van der Waals surface area contributed by atoms with Crippen molar-refractivity contribution in [2.75, 3.05) is 51.2 Å². The number of allylic oxidation sites excluding steroid dienone is 1. The van der Waals surface area contributed by atoms with Crippen molar-refractivity contribution < 1.29 is 19.4 Å². The fourth-order valence-corrected chi connectivity index (χ4v) is 3.37. The largest absolute Gasteiger partial charge is 0.495 e. The van der Waals surface area contributed by atoms with Crippen molar-refractivity contribution in [2.45, 2.75) is 13.3 Å². The molecule has 0 heterocycles. The molecule has 6 nitrogen and oxygen atoms in total. The maximum Gasteiger partial charge on any atom is 0.328 e. The maximum absolute atomic E-state index is 10.7. The fourth-order valence-electron chi connectivity index (χ4n) is 3.37. The summed E-state index contributed by atoms with van der Waals surface area (Å²) in [5.41, 5.74) is 3.92. The van der Waals surface area contributed by atoms with Gasteiger partial charge in [-0.15, -0.1) is 0 Å². The third kappa shape index (κ3) is 6.81. The first kappa shape index (κ1) is 23.9. The number of hydrogen-bond donors (Lipinski definition) is 1. The molecular formula is C25H32N2O4. The van der Waals surface area contributed by atoms with Gasteiger partial charge in [-0.1, -0.05) is 24.3 Å². The van der Waals surface area contributed by atoms with Gasteiger partial charge in [0.25, 0.3) is 0 Å². The summed E-state index contributed by atoms with van der Waals surface area (Å²) in [6.07, 6.45) is 7.68. The Labute approximate surface area is 185 Å². The van der Waals surface area contributed by atoms with E-state index < -0.39 is 5.97 Å². The van der Waals surface area contributed by atoms with E-state index in [1.807, 2.05) is 44.3 Å². The lowest BCUT2D eigenvalue weighted by Gasteiger charge is -2.25. The van der Waals surface area contributed by atoms with Crippen molar-refractivity contribution in [2.24, 2.45) is 0 Å². The third-order valence-corrected chi connectivity index (χ3v) is 4.99. The standard InChI is InChI=1S/C25H32N2O4/c1-6-8-19-9-12-21(23(17-19)30-4)26(2)15-7-16-27(3)22-13-10-20(11-14-25(28)29)18-24(22)31-5/h6,8-14,17-18H,7,15-16H2,1-5H3,(H,28,29)/b8-6+,14-11+. The molecule has 2 aromatic carbocycles. The molecule has 1 N–H and O–H groups in total. The van der Waals surface area contributed by atoms with Gasteiger partial charge in [-0.05, 0) is 54.8 Å². The zero-order valence-electron chi connectivity index (χ0n) is 19.0. The van der Waals surface area contributed by atoms with Gasteiger partial charge in [-0.25, -0.2) is 4.79 Å². The maximum atomic E-state index is 10.7. The van der Waals surface area contributed by atoms with Gasteiger partial charge in [-0.3, -0.25) is 0 Å². The Kier molecular flexibility index (Phi) is 9.00. The predicted molar refractivity (Wildman–Crippen MR) is 129 cm³/mol. The van der Waals surface area contributed by atoms with Crippen molar-refractivity contribution >= 4 is 29.5 Å². The van der Waals surface area contributed by atoms with E-state index in [0.717, 1.165) is 53.8 Å². The lowest BCUT2D eigenvalue weighted by atomic mass is 10.1. The number of benzene rings is 2. The van der Waals surface area contributed by atoms with Crippen LogP contribution in [0.3, 0.4) is 0 Å². The van der Waals surface area contributed by atoms with Crippen LogP contribution in [0.15, 0.2) is 48.6 Å².